The van der Waals surface area contributed by atoms with Gasteiger partial charge in [0.1, 0.15) is 16.7 Å². The molecule has 1 amide bonds. The Morgan fingerprint density at radius 3 is 2.65 bits per heavy atom. The van der Waals surface area contributed by atoms with Crippen molar-refractivity contribution in [2.45, 2.75) is 70.9 Å². The monoisotopic (exact) mass is 638 g/mol. The standard InChI is InChI=1S/C34H38N8O3S/c1-5-24-14-30-32(8-7-13-37-30)46(44,45)41(19-24)20-26-15-25(10-9-22(26)3)29(16-33(43)38-27-17-35-21-36-18-27)28-11-12-31-34(23(28)4)39-40-42(31)6-2/h7-13,15,17-18,21,24,29H,5-6,14,16,19-20H2,1-4H3,(H,38,43)/t24-,29-/m0/s1. The van der Waals surface area contributed by atoms with E-state index in [1.165, 1.54) is 6.33 Å². The number of amides is 1. The van der Waals surface area contributed by atoms with Gasteiger partial charge in [0.2, 0.25) is 15.9 Å². The molecule has 0 saturated heterocycles. The molecule has 5 aromatic rings. The number of hydrogen-bond donors (Lipinski definition) is 1. The SMILES string of the molecule is CC[C@H]1Cc2ncccc2S(=O)(=O)N(Cc2cc([C@H](CC(=O)Nc3cncnc3)c3ccc4c(nnn4CC)c3C)ccc2C)C1. The molecule has 1 aliphatic rings. The predicted molar refractivity (Wildman–Crippen MR) is 176 cm³/mol. The first-order valence-electron chi connectivity index (χ1n) is 15.6. The molecule has 4 heterocycles. The lowest BCUT2D eigenvalue weighted by Crippen LogP contribution is -2.33. The molecule has 11 nitrogen and oxygen atoms in total. The molecule has 0 saturated carbocycles. The van der Waals surface area contributed by atoms with Gasteiger partial charge in [0.05, 0.1) is 29.3 Å². The Morgan fingerprint density at radius 1 is 1.09 bits per heavy atom. The maximum Gasteiger partial charge on any atom is 0.245 e. The first-order valence-corrected chi connectivity index (χ1v) is 17.0. The van der Waals surface area contributed by atoms with Crippen molar-refractivity contribution in [3.63, 3.8) is 0 Å². The van der Waals surface area contributed by atoms with Crippen molar-refractivity contribution in [3.05, 3.63) is 101 Å². The van der Waals surface area contributed by atoms with Crippen LogP contribution in [0.1, 0.15) is 66.1 Å². The fourth-order valence-electron chi connectivity index (χ4n) is 6.33. The van der Waals surface area contributed by atoms with E-state index in [9.17, 15) is 13.2 Å². The van der Waals surface area contributed by atoms with E-state index in [0.29, 0.717) is 30.9 Å². The quantitative estimate of drug-likeness (QED) is 0.233. The van der Waals surface area contributed by atoms with Gasteiger partial charge >= 0.3 is 0 Å². The van der Waals surface area contributed by atoms with Crippen molar-refractivity contribution in [1.29, 1.82) is 0 Å². The first-order chi connectivity index (χ1) is 22.2. The van der Waals surface area contributed by atoms with Crippen LogP contribution in [0.5, 0.6) is 0 Å². The minimum atomic E-state index is -3.77. The second-order valence-corrected chi connectivity index (χ2v) is 13.8. The zero-order valence-electron chi connectivity index (χ0n) is 26.5. The number of carbonyl (C=O) groups is 1. The lowest BCUT2D eigenvalue weighted by atomic mass is 9.84. The molecule has 0 fully saturated rings. The highest BCUT2D eigenvalue weighted by Crippen LogP contribution is 2.36. The Balaban J connectivity index is 1.40. The van der Waals surface area contributed by atoms with Crippen LogP contribution in [-0.4, -0.2) is 55.1 Å². The van der Waals surface area contributed by atoms with Crippen LogP contribution in [0.2, 0.25) is 0 Å². The fourth-order valence-corrected chi connectivity index (χ4v) is 8.01. The van der Waals surface area contributed by atoms with E-state index >= 15 is 0 Å². The summed E-state index contributed by atoms with van der Waals surface area (Å²) in [5.41, 5.74) is 7.55. The van der Waals surface area contributed by atoms with Crippen LogP contribution in [0.4, 0.5) is 5.69 Å². The third kappa shape index (κ3) is 6.14. The van der Waals surface area contributed by atoms with Gasteiger partial charge in [-0.1, -0.05) is 42.8 Å². The van der Waals surface area contributed by atoms with Crippen LogP contribution in [0.25, 0.3) is 11.0 Å². The number of nitrogens with zero attached hydrogens (tertiary/aromatic N) is 7. The Kier molecular flexibility index (Phi) is 8.92. The lowest BCUT2D eigenvalue weighted by molar-refractivity contribution is -0.116. The summed E-state index contributed by atoms with van der Waals surface area (Å²) in [6, 6.07) is 13.5. The predicted octanol–water partition coefficient (Wildman–Crippen LogP) is 5.19. The fraction of sp³-hybridized carbons (Fsp3) is 0.353. The average Bonchev–Trinajstić information content (AvgIpc) is 3.45. The first kappa shape index (κ1) is 31.4. The largest absolute Gasteiger partial charge is 0.323 e. The summed E-state index contributed by atoms with van der Waals surface area (Å²) < 4.78 is 31.4. The molecule has 2 aromatic carbocycles. The molecule has 0 radical (unpaired) electrons. The molecule has 12 heteroatoms. The maximum atomic E-state index is 14.0. The average molecular weight is 639 g/mol. The molecule has 6 rings (SSSR count). The van der Waals surface area contributed by atoms with Crippen LogP contribution in [0, 0.1) is 19.8 Å². The molecule has 0 bridgehead atoms. The van der Waals surface area contributed by atoms with Crippen molar-refractivity contribution in [1.82, 2.24) is 34.3 Å². The number of carbonyl (C=O) groups excluding carboxylic acids is 1. The highest BCUT2D eigenvalue weighted by atomic mass is 32.2. The third-order valence-corrected chi connectivity index (χ3v) is 10.9. The molecular weight excluding hydrogens is 600 g/mol. The van der Waals surface area contributed by atoms with Gasteiger partial charge in [0.25, 0.3) is 0 Å². The highest BCUT2D eigenvalue weighted by Gasteiger charge is 2.34. The van der Waals surface area contributed by atoms with E-state index in [4.69, 9.17) is 0 Å². The van der Waals surface area contributed by atoms with Gasteiger partial charge in [0, 0.05) is 38.2 Å². The second kappa shape index (κ2) is 13.1. The lowest BCUT2D eigenvalue weighted by Gasteiger charge is -2.25. The number of anilines is 1. The van der Waals surface area contributed by atoms with Crippen LogP contribution >= 0.6 is 0 Å². The summed E-state index contributed by atoms with van der Waals surface area (Å²) in [5, 5.41) is 11.7. The van der Waals surface area contributed by atoms with E-state index in [2.05, 4.69) is 43.6 Å². The van der Waals surface area contributed by atoms with Crippen molar-refractivity contribution < 1.29 is 13.2 Å². The van der Waals surface area contributed by atoms with Crippen LogP contribution in [-0.2, 0) is 34.3 Å². The minimum Gasteiger partial charge on any atom is -0.323 e. The third-order valence-electron chi connectivity index (χ3n) is 9.00. The molecule has 0 unspecified atom stereocenters. The molecule has 238 valence electrons. The van der Waals surface area contributed by atoms with E-state index in [0.717, 1.165) is 45.3 Å². The summed E-state index contributed by atoms with van der Waals surface area (Å²) in [6.07, 6.45) is 7.80. The Labute approximate surface area is 269 Å². The van der Waals surface area contributed by atoms with Crippen molar-refractivity contribution in [2.24, 2.45) is 5.92 Å². The molecule has 0 spiro atoms. The number of hydrogen-bond acceptors (Lipinski definition) is 8. The summed E-state index contributed by atoms with van der Waals surface area (Å²) in [7, 11) is -3.77. The molecule has 2 atom stereocenters. The summed E-state index contributed by atoms with van der Waals surface area (Å²) in [6.45, 7) is 9.44. The zero-order valence-corrected chi connectivity index (χ0v) is 27.3. The van der Waals surface area contributed by atoms with Crippen molar-refractivity contribution in [2.75, 3.05) is 11.9 Å². The Morgan fingerprint density at radius 2 is 1.89 bits per heavy atom. The van der Waals surface area contributed by atoms with E-state index < -0.39 is 10.0 Å². The van der Waals surface area contributed by atoms with Gasteiger partial charge < -0.3 is 5.32 Å². The number of nitrogens with one attached hydrogen (secondary N) is 1. The van der Waals surface area contributed by atoms with Crippen LogP contribution in [0.15, 0.2) is 72.3 Å². The minimum absolute atomic E-state index is 0.143. The highest BCUT2D eigenvalue weighted by molar-refractivity contribution is 7.89. The maximum absolute atomic E-state index is 14.0. The molecule has 1 N–H and O–H groups in total. The molecule has 46 heavy (non-hydrogen) atoms. The normalized spacial score (nSPS) is 16.9. The summed E-state index contributed by atoms with van der Waals surface area (Å²) >= 11 is 0. The van der Waals surface area contributed by atoms with Gasteiger partial charge in [0.15, 0.2) is 0 Å². The smallest absolute Gasteiger partial charge is 0.245 e. The molecular formula is C34H38N8O3S. The number of pyridine rings is 1. The number of sulfonamides is 1. The number of aromatic nitrogens is 6. The molecule has 3 aromatic heterocycles. The van der Waals surface area contributed by atoms with Gasteiger partial charge in [-0.25, -0.2) is 23.1 Å². The number of benzene rings is 2. The summed E-state index contributed by atoms with van der Waals surface area (Å²) in [4.78, 5) is 26.2. The van der Waals surface area contributed by atoms with Crippen molar-refractivity contribution >= 4 is 32.7 Å². The number of fused-ring (bicyclic) bond motifs is 2. The van der Waals surface area contributed by atoms with E-state index in [1.54, 1.807) is 35.0 Å². The Hall–Kier alpha value is -4.55. The van der Waals surface area contributed by atoms with Crippen LogP contribution in [0.3, 0.4) is 0 Å². The Bertz CT molecular complexity index is 1990. The number of aryl methyl sites for hydroxylation is 3. The van der Waals surface area contributed by atoms with E-state index in [-0.39, 0.29) is 35.6 Å². The molecule has 1 aliphatic heterocycles. The molecule has 0 aliphatic carbocycles. The summed E-state index contributed by atoms with van der Waals surface area (Å²) in [5.74, 6) is -0.378. The van der Waals surface area contributed by atoms with Gasteiger partial charge in [-0.2, -0.15) is 4.31 Å². The topological polar surface area (TPSA) is 136 Å². The van der Waals surface area contributed by atoms with Gasteiger partial charge in [-0.15, -0.1) is 5.10 Å². The van der Waals surface area contributed by atoms with E-state index in [1.807, 2.05) is 49.7 Å². The van der Waals surface area contributed by atoms with Gasteiger partial charge in [-0.05, 0) is 79.1 Å². The van der Waals surface area contributed by atoms with Crippen molar-refractivity contribution in [3.8, 4) is 0 Å². The number of rotatable bonds is 9. The van der Waals surface area contributed by atoms with Crippen LogP contribution < -0.4 is 5.32 Å². The zero-order chi connectivity index (χ0) is 32.4. The second-order valence-electron chi connectivity index (χ2n) is 11.9. The van der Waals surface area contributed by atoms with Gasteiger partial charge in [-0.3, -0.25) is 9.78 Å².